The van der Waals surface area contributed by atoms with E-state index in [2.05, 4.69) is 0 Å². The molecule has 0 aromatic carbocycles. The summed E-state index contributed by atoms with van der Waals surface area (Å²) in [6, 6.07) is 4.73. The molecule has 0 atom stereocenters. The fourth-order valence-corrected chi connectivity index (χ4v) is 2.21. The van der Waals surface area contributed by atoms with Crippen LogP contribution >= 0.6 is 0 Å². The van der Waals surface area contributed by atoms with E-state index in [1.165, 1.54) is 23.8 Å². The molecule has 6 nitrogen and oxygen atoms in total. The van der Waals surface area contributed by atoms with Gasteiger partial charge in [-0.1, -0.05) is 0 Å². The van der Waals surface area contributed by atoms with Crippen LogP contribution < -0.4 is 5.56 Å². The van der Waals surface area contributed by atoms with Crippen LogP contribution in [-0.2, 0) is 11.3 Å². The summed E-state index contributed by atoms with van der Waals surface area (Å²) in [7, 11) is 0. The molecular formula is C16H17NO5. The number of pyridine rings is 1. The lowest BCUT2D eigenvalue weighted by Gasteiger charge is -2.14. The Morgan fingerprint density at radius 3 is 2.59 bits per heavy atom. The van der Waals surface area contributed by atoms with Gasteiger partial charge >= 0.3 is 5.97 Å². The molecule has 6 heteroatoms. The molecule has 2 heterocycles. The minimum atomic E-state index is -0.733. The van der Waals surface area contributed by atoms with Crippen LogP contribution in [0.2, 0.25) is 0 Å². The van der Waals surface area contributed by atoms with Gasteiger partial charge in [-0.05, 0) is 39.0 Å². The van der Waals surface area contributed by atoms with Gasteiger partial charge in [-0.3, -0.25) is 9.59 Å². The van der Waals surface area contributed by atoms with Crippen molar-refractivity contribution >= 4 is 11.8 Å². The molecule has 22 heavy (non-hydrogen) atoms. The van der Waals surface area contributed by atoms with Crippen LogP contribution in [0, 0.1) is 6.92 Å². The predicted molar refractivity (Wildman–Crippen MR) is 79.2 cm³/mol. The van der Waals surface area contributed by atoms with Crippen molar-refractivity contribution in [1.82, 2.24) is 4.57 Å². The molecule has 0 N–H and O–H groups in total. The lowest BCUT2D eigenvalue weighted by Crippen LogP contribution is -2.31. The molecule has 0 aliphatic heterocycles. The number of Topliss-reactive ketones (excluding diaryl/α,β-unsaturated/α-hetero) is 1. The van der Waals surface area contributed by atoms with E-state index in [0.29, 0.717) is 17.0 Å². The monoisotopic (exact) mass is 303 g/mol. The Morgan fingerprint density at radius 2 is 2.05 bits per heavy atom. The molecule has 0 unspecified atom stereocenters. The van der Waals surface area contributed by atoms with Crippen molar-refractivity contribution in [1.29, 1.82) is 0 Å². The van der Waals surface area contributed by atoms with Crippen molar-refractivity contribution in [2.24, 2.45) is 0 Å². The van der Waals surface area contributed by atoms with Gasteiger partial charge in [-0.15, -0.1) is 0 Å². The predicted octanol–water partition coefficient (Wildman–Crippen LogP) is 2.18. The van der Waals surface area contributed by atoms with Gasteiger partial charge in [-0.2, -0.15) is 0 Å². The zero-order chi connectivity index (χ0) is 16.3. The molecule has 0 radical (unpaired) electrons. The fraction of sp³-hybridized carbons (Fsp3) is 0.312. The van der Waals surface area contributed by atoms with E-state index in [1.54, 1.807) is 26.0 Å². The first-order valence-corrected chi connectivity index (χ1v) is 6.90. The number of carbonyl (C=O) groups excluding carboxylic acids is 2. The lowest BCUT2D eigenvalue weighted by atomic mass is 10.1. The summed E-state index contributed by atoms with van der Waals surface area (Å²) in [5, 5.41) is 0. The summed E-state index contributed by atoms with van der Waals surface area (Å²) in [5.74, 6) is -0.403. The number of nitrogens with zero attached hydrogens (tertiary/aromatic N) is 1. The molecular weight excluding hydrogens is 286 g/mol. The van der Waals surface area contributed by atoms with E-state index in [-0.39, 0.29) is 24.5 Å². The van der Waals surface area contributed by atoms with E-state index in [4.69, 9.17) is 9.15 Å². The smallest absolute Gasteiger partial charge is 0.343 e. The van der Waals surface area contributed by atoms with Crippen LogP contribution in [0.25, 0.3) is 0 Å². The van der Waals surface area contributed by atoms with Crippen LogP contribution in [0.15, 0.2) is 33.7 Å². The number of ether oxygens (including phenoxy) is 1. The second kappa shape index (κ2) is 6.43. The zero-order valence-electron chi connectivity index (χ0n) is 12.7. The third-order valence-corrected chi connectivity index (χ3v) is 3.33. The molecule has 0 amide bonds. The van der Waals surface area contributed by atoms with E-state index >= 15 is 0 Å². The molecule has 0 saturated heterocycles. The highest BCUT2D eigenvalue weighted by atomic mass is 16.5. The van der Waals surface area contributed by atoms with Gasteiger partial charge in [-0.25, -0.2) is 4.79 Å². The van der Waals surface area contributed by atoms with E-state index in [9.17, 15) is 14.4 Å². The van der Waals surface area contributed by atoms with Crippen molar-refractivity contribution in [2.75, 3.05) is 6.61 Å². The molecule has 0 saturated carbocycles. The highest BCUT2D eigenvalue weighted by Crippen LogP contribution is 2.12. The van der Waals surface area contributed by atoms with Crippen LogP contribution in [0.1, 0.15) is 46.0 Å². The molecule has 0 bridgehead atoms. The van der Waals surface area contributed by atoms with Gasteiger partial charge in [0.1, 0.15) is 11.3 Å². The Hall–Kier alpha value is -2.63. The van der Waals surface area contributed by atoms with Crippen molar-refractivity contribution < 1.29 is 18.7 Å². The van der Waals surface area contributed by atoms with Gasteiger partial charge in [0.15, 0.2) is 5.78 Å². The molecule has 0 fully saturated rings. The van der Waals surface area contributed by atoms with Gasteiger partial charge < -0.3 is 13.7 Å². The highest BCUT2D eigenvalue weighted by Gasteiger charge is 2.20. The fourth-order valence-electron chi connectivity index (χ4n) is 2.21. The highest BCUT2D eigenvalue weighted by molar-refractivity contribution is 5.98. The molecule has 2 aromatic rings. The van der Waals surface area contributed by atoms with Crippen LogP contribution in [-0.4, -0.2) is 22.9 Å². The van der Waals surface area contributed by atoms with E-state index in [1.807, 2.05) is 0 Å². The summed E-state index contributed by atoms with van der Waals surface area (Å²) in [4.78, 5) is 36.2. The standard InChI is InChI=1S/C16H17NO5/c1-4-21-16(20)14-8-13(11(3)18)10(2)17(15(14)19)9-12-6-5-7-22-12/h5-8H,4,9H2,1-3H3. The largest absolute Gasteiger partial charge is 0.467 e. The van der Waals surface area contributed by atoms with Gasteiger partial charge in [0, 0.05) is 11.3 Å². The number of hydrogen-bond donors (Lipinski definition) is 0. The van der Waals surface area contributed by atoms with Crippen molar-refractivity contribution in [3.8, 4) is 0 Å². The van der Waals surface area contributed by atoms with E-state index < -0.39 is 11.5 Å². The average Bonchev–Trinajstić information content (AvgIpc) is 2.96. The quantitative estimate of drug-likeness (QED) is 0.625. The van der Waals surface area contributed by atoms with Crippen LogP contribution in [0.5, 0.6) is 0 Å². The second-order valence-electron chi connectivity index (χ2n) is 4.80. The number of esters is 1. The Labute approximate surface area is 127 Å². The lowest BCUT2D eigenvalue weighted by molar-refractivity contribution is 0.0523. The summed E-state index contributed by atoms with van der Waals surface area (Å²) >= 11 is 0. The summed E-state index contributed by atoms with van der Waals surface area (Å²) in [6.07, 6.45) is 1.50. The van der Waals surface area contributed by atoms with Crippen molar-refractivity contribution in [2.45, 2.75) is 27.3 Å². The maximum atomic E-state index is 12.5. The molecule has 0 spiro atoms. The Kier molecular flexibility index (Phi) is 4.60. The summed E-state index contributed by atoms with van der Waals surface area (Å²) < 4.78 is 11.5. The number of carbonyl (C=O) groups is 2. The Morgan fingerprint density at radius 1 is 1.32 bits per heavy atom. The van der Waals surface area contributed by atoms with Crippen molar-refractivity contribution in [3.63, 3.8) is 0 Å². The Bertz CT molecular complexity index is 756. The van der Waals surface area contributed by atoms with E-state index in [0.717, 1.165) is 0 Å². The first-order chi connectivity index (χ1) is 10.5. The zero-order valence-corrected chi connectivity index (χ0v) is 12.7. The van der Waals surface area contributed by atoms with Gasteiger partial charge in [0.05, 0.1) is 19.4 Å². The second-order valence-corrected chi connectivity index (χ2v) is 4.80. The van der Waals surface area contributed by atoms with Crippen LogP contribution in [0.4, 0.5) is 0 Å². The summed E-state index contributed by atoms with van der Waals surface area (Å²) in [5.41, 5.74) is 0.151. The molecule has 116 valence electrons. The summed E-state index contributed by atoms with van der Waals surface area (Å²) in [6.45, 7) is 5.00. The Balaban J connectivity index is 2.62. The third-order valence-electron chi connectivity index (χ3n) is 3.33. The number of rotatable bonds is 5. The van der Waals surface area contributed by atoms with Crippen LogP contribution in [0.3, 0.4) is 0 Å². The third kappa shape index (κ3) is 3.00. The molecule has 0 aliphatic rings. The normalized spacial score (nSPS) is 10.5. The first kappa shape index (κ1) is 15.8. The molecule has 0 aliphatic carbocycles. The number of ketones is 1. The topological polar surface area (TPSA) is 78.5 Å². The molecule has 2 rings (SSSR count). The minimum absolute atomic E-state index is 0.144. The van der Waals surface area contributed by atoms with Gasteiger partial charge in [0.25, 0.3) is 5.56 Å². The average molecular weight is 303 g/mol. The first-order valence-electron chi connectivity index (χ1n) is 6.90. The minimum Gasteiger partial charge on any atom is -0.467 e. The SMILES string of the molecule is CCOC(=O)c1cc(C(C)=O)c(C)n(Cc2ccco2)c1=O. The number of aromatic nitrogens is 1. The maximum Gasteiger partial charge on any atom is 0.343 e. The molecule has 2 aromatic heterocycles. The van der Waals surface area contributed by atoms with Gasteiger partial charge in [0.2, 0.25) is 0 Å². The maximum absolute atomic E-state index is 12.5. The number of hydrogen-bond acceptors (Lipinski definition) is 5. The number of furan rings is 1. The van der Waals surface area contributed by atoms with Crippen molar-refractivity contribution in [3.05, 3.63) is 57.4 Å².